The van der Waals surface area contributed by atoms with Crippen molar-refractivity contribution in [2.75, 3.05) is 7.11 Å². The first kappa shape index (κ1) is 20.6. The van der Waals surface area contributed by atoms with Gasteiger partial charge in [-0.15, -0.1) is 5.10 Å². The van der Waals surface area contributed by atoms with Crippen molar-refractivity contribution in [3.63, 3.8) is 0 Å². The minimum Gasteiger partial charge on any atom is -0.480 e. The number of nitrogens with two attached hydrogens (primary N) is 1. The molecule has 0 atom stereocenters. The Hall–Kier alpha value is -3.97. The van der Waals surface area contributed by atoms with Gasteiger partial charge in [0.15, 0.2) is 5.65 Å². The molecule has 0 saturated heterocycles. The Bertz CT molecular complexity index is 1480. The van der Waals surface area contributed by atoms with Crippen LogP contribution in [0.15, 0.2) is 72.9 Å². The van der Waals surface area contributed by atoms with Gasteiger partial charge in [-0.2, -0.15) is 5.10 Å². The summed E-state index contributed by atoms with van der Waals surface area (Å²) in [5.74, 6) is 0.509. The maximum absolute atomic E-state index is 6.56. The van der Waals surface area contributed by atoms with E-state index in [9.17, 15) is 0 Å². The van der Waals surface area contributed by atoms with Crippen molar-refractivity contribution < 1.29 is 4.74 Å². The van der Waals surface area contributed by atoms with E-state index in [2.05, 4.69) is 41.5 Å². The normalized spacial score (nSPS) is 14.8. The fourth-order valence-corrected chi connectivity index (χ4v) is 4.79. The van der Waals surface area contributed by atoms with Gasteiger partial charge >= 0.3 is 0 Å². The molecule has 0 spiro atoms. The second kappa shape index (κ2) is 7.81. The number of aryl methyl sites for hydroxylation is 1. The van der Waals surface area contributed by atoms with Crippen molar-refractivity contribution in [2.24, 2.45) is 12.8 Å². The first-order chi connectivity index (χ1) is 16.6. The smallest absolute Gasteiger partial charge is 0.232 e. The lowest BCUT2D eigenvalue weighted by molar-refractivity contribution is 0.253. The van der Waals surface area contributed by atoms with Crippen molar-refractivity contribution in [1.29, 1.82) is 0 Å². The van der Waals surface area contributed by atoms with Gasteiger partial charge in [-0.1, -0.05) is 54.6 Å². The van der Waals surface area contributed by atoms with Gasteiger partial charge in [-0.25, -0.2) is 9.50 Å². The first-order valence-corrected chi connectivity index (χ1v) is 11.5. The quantitative estimate of drug-likeness (QED) is 0.415. The van der Waals surface area contributed by atoms with E-state index in [1.54, 1.807) is 13.3 Å². The van der Waals surface area contributed by atoms with Crippen molar-refractivity contribution in [2.45, 2.75) is 24.8 Å². The monoisotopic (exact) mass is 450 g/mol. The summed E-state index contributed by atoms with van der Waals surface area (Å²) in [6, 6.07) is 22.6. The molecule has 5 aromatic rings. The van der Waals surface area contributed by atoms with Crippen LogP contribution in [0.3, 0.4) is 0 Å². The van der Waals surface area contributed by atoms with Crippen LogP contribution < -0.4 is 10.5 Å². The summed E-state index contributed by atoms with van der Waals surface area (Å²) >= 11 is 0. The molecule has 2 aromatic carbocycles. The summed E-state index contributed by atoms with van der Waals surface area (Å²) in [5.41, 5.74) is 14.0. The van der Waals surface area contributed by atoms with E-state index in [0.29, 0.717) is 5.88 Å². The van der Waals surface area contributed by atoms with Gasteiger partial charge in [0.25, 0.3) is 0 Å². The summed E-state index contributed by atoms with van der Waals surface area (Å²) < 4.78 is 9.29. The molecular weight excluding hydrogens is 424 g/mol. The highest BCUT2D eigenvalue weighted by Gasteiger charge is 2.34. The first-order valence-electron chi connectivity index (χ1n) is 11.5. The second-order valence-corrected chi connectivity index (χ2v) is 8.94. The Balaban J connectivity index is 1.62. The Morgan fingerprint density at radius 1 is 0.971 bits per heavy atom. The minimum atomic E-state index is -0.193. The van der Waals surface area contributed by atoms with E-state index in [1.807, 2.05) is 46.6 Å². The van der Waals surface area contributed by atoms with Crippen molar-refractivity contribution in [1.82, 2.24) is 24.4 Å². The summed E-state index contributed by atoms with van der Waals surface area (Å²) in [4.78, 5) is 5.13. The number of rotatable bonds is 5. The number of aromatic nitrogens is 5. The molecule has 0 radical (unpaired) electrons. The third-order valence-corrected chi connectivity index (χ3v) is 6.89. The Labute approximate surface area is 197 Å². The molecule has 2 N–H and O–H groups in total. The van der Waals surface area contributed by atoms with Gasteiger partial charge < -0.3 is 10.5 Å². The molecular formula is C27H26N6O. The SMILES string of the molecule is COc1cc(-c2ccnn2C)c2nc(-c3ccc(C4(N)CCC4)cc3)c(-c3ccccc3)n2n1. The Morgan fingerprint density at radius 3 is 2.35 bits per heavy atom. The summed E-state index contributed by atoms with van der Waals surface area (Å²) in [6.07, 6.45) is 5.04. The van der Waals surface area contributed by atoms with Gasteiger partial charge in [0.2, 0.25) is 5.88 Å². The predicted octanol–water partition coefficient (Wildman–Crippen LogP) is 4.81. The Morgan fingerprint density at radius 2 is 1.74 bits per heavy atom. The lowest BCUT2D eigenvalue weighted by atomic mass is 9.72. The second-order valence-electron chi connectivity index (χ2n) is 8.94. The van der Waals surface area contributed by atoms with Crippen LogP contribution in [-0.4, -0.2) is 31.5 Å². The molecule has 1 aliphatic rings. The van der Waals surface area contributed by atoms with E-state index in [-0.39, 0.29) is 5.54 Å². The maximum Gasteiger partial charge on any atom is 0.232 e. The molecule has 3 heterocycles. The molecule has 0 aliphatic heterocycles. The zero-order valence-corrected chi connectivity index (χ0v) is 19.3. The fourth-order valence-electron chi connectivity index (χ4n) is 4.79. The molecule has 0 bridgehead atoms. The van der Waals surface area contributed by atoms with Crippen molar-refractivity contribution >= 4 is 5.65 Å². The lowest BCUT2D eigenvalue weighted by Gasteiger charge is -2.38. The average Bonchev–Trinajstić information content (AvgIpc) is 3.46. The lowest BCUT2D eigenvalue weighted by Crippen LogP contribution is -2.43. The third-order valence-electron chi connectivity index (χ3n) is 6.89. The van der Waals surface area contributed by atoms with E-state index < -0.39 is 0 Å². The van der Waals surface area contributed by atoms with Gasteiger partial charge in [-0.3, -0.25) is 4.68 Å². The largest absolute Gasteiger partial charge is 0.480 e. The molecule has 0 unspecified atom stereocenters. The van der Waals surface area contributed by atoms with Crippen LogP contribution in [0.4, 0.5) is 0 Å². The molecule has 1 saturated carbocycles. The predicted molar refractivity (Wildman–Crippen MR) is 132 cm³/mol. The van der Waals surface area contributed by atoms with Crippen LogP contribution in [0.1, 0.15) is 24.8 Å². The number of methoxy groups -OCH3 is 1. The number of hydrogen-bond acceptors (Lipinski definition) is 5. The summed E-state index contributed by atoms with van der Waals surface area (Å²) in [7, 11) is 3.55. The van der Waals surface area contributed by atoms with Gasteiger partial charge in [0.1, 0.15) is 5.69 Å². The maximum atomic E-state index is 6.56. The highest BCUT2D eigenvalue weighted by molar-refractivity contribution is 5.86. The van der Waals surface area contributed by atoms with Gasteiger partial charge in [-0.05, 0) is 30.9 Å². The fraction of sp³-hybridized carbons (Fsp3) is 0.222. The number of hydrogen-bond donors (Lipinski definition) is 1. The minimum absolute atomic E-state index is 0.193. The van der Waals surface area contributed by atoms with E-state index in [4.69, 9.17) is 20.6 Å². The molecule has 34 heavy (non-hydrogen) atoms. The van der Waals surface area contributed by atoms with Crippen molar-refractivity contribution in [3.8, 4) is 39.7 Å². The van der Waals surface area contributed by atoms with Crippen LogP contribution >= 0.6 is 0 Å². The molecule has 1 aliphatic carbocycles. The molecule has 1 fully saturated rings. The summed E-state index contributed by atoms with van der Waals surface area (Å²) in [5, 5.41) is 9.13. The van der Waals surface area contributed by atoms with E-state index in [1.165, 1.54) is 12.0 Å². The zero-order valence-electron chi connectivity index (χ0n) is 19.3. The average molecular weight is 451 g/mol. The van der Waals surface area contributed by atoms with Crippen LogP contribution in [0.2, 0.25) is 0 Å². The van der Waals surface area contributed by atoms with Gasteiger partial charge in [0, 0.05) is 36.0 Å². The van der Waals surface area contributed by atoms with E-state index in [0.717, 1.165) is 52.3 Å². The van der Waals surface area contributed by atoms with Crippen LogP contribution in [0, 0.1) is 0 Å². The number of ether oxygens (including phenoxy) is 1. The van der Waals surface area contributed by atoms with Crippen LogP contribution in [-0.2, 0) is 12.6 Å². The highest BCUT2D eigenvalue weighted by atomic mass is 16.5. The molecule has 6 rings (SSSR count). The highest BCUT2D eigenvalue weighted by Crippen LogP contribution is 2.40. The number of imidazole rings is 1. The topological polar surface area (TPSA) is 83.3 Å². The van der Waals surface area contributed by atoms with E-state index >= 15 is 0 Å². The number of benzene rings is 2. The standard InChI is InChI=1S/C27H26N6O/c1-32-22(13-16-29-32)21-17-23(34-2)31-33-25(19-7-4-3-5-8-19)24(30-26(21)33)18-9-11-20(12-10-18)27(28)14-6-15-27/h3-5,7-13,16-17H,6,14-15,28H2,1-2H3. The Kier molecular flexibility index (Phi) is 4.74. The third kappa shape index (κ3) is 3.20. The molecule has 3 aromatic heterocycles. The summed E-state index contributed by atoms with van der Waals surface area (Å²) in [6.45, 7) is 0. The van der Waals surface area contributed by atoms with Crippen molar-refractivity contribution in [3.05, 3.63) is 78.5 Å². The zero-order chi connectivity index (χ0) is 23.3. The van der Waals surface area contributed by atoms with Crippen LogP contribution in [0.5, 0.6) is 5.88 Å². The molecule has 7 nitrogen and oxygen atoms in total. The number of fused-ring (bicyclic) bond motifs is 1. The molecule has 170 valence electrons. The van der Waals surface area contributed by atoms with Gasteiger partial charge in [0.05, 0.1) is 24.1 Å². The number of nitrogens with zero attached hydrogens (tertiary/aromatic N) is 5. The molecule has 0 amide bonds. The van der Waals surface area contributed by atoms with Crippen LogP contribution in [0.25, 0.3) is 39.4 Å². The molecule has 7 heteroatoms.